The average molecular weight is 347 g/mol. The number of hydrogen-bond acceptors (Lipinski definition) is 4. The van der Waals surface area contributed by atoms with E-state index < -0.39 is 15.9 Å². The van der Waals surface area contributed by atoms with Crippen LogP contribution >= 0.6 is 0 Å². The third kappa shape index (κ3) is 5.09. The first-order valence-corrected chi connectivity index (χ1v) is 9.45. The van der Waals surface area contributed by atoms with Crippen LogP contribution in [0.2, 0.25) is 0 Å². The highest BCUT2D eigenvalue weighted by Crippen LogP contribution is 2.17. The standard InChI is InChI=1S/C18H21NO4S/c1-13-4-6-15(7-5-13)12-19-18(20)14(2)23-16-8-10-17(11-9-16)24(3,21)22/h4-11,14H,12H2,1-3H3,(H,19,20)/t14-/m1/s1. The molecule has 5 nitrogen and oxygen atoms in total. The van der Waals surface area contributed by atoms with Crippen LogP contribution < -0.4 is 10.1 Å². The lowest BCUT2D eigenvalue weighted by Crippen LogP contribution is -2.35. The quantitative estimate of drug-likeness (QED) is 0.871. The van der Waals surface area contributed by atoms with E-state index in [9.17, 15) is 13.2 Å². The van der Waals surface area contributed by atoms with E-state index >= 15 is 0 Å². The Morgan fingerprint density at radius 2 is 1.67 bits per heavy atom. The minimum Gasteiger partial charge on any atom is -0.481 e. The number of benzene rings is 2. The largest absolute Gasteiger partial charge is 0.481 e. The van der Waals surface area contributed by atoms with Gasteiger partial charge in [-0.3, -0.25) is 4.79 Å². The number of ether oxygens (including phenoxy) is 1. The molecule has 0 spiro atoms. The van der Waals surface area contributed by atoms with Crippen LogP contribution in [0, 0.1) is 6.92 Å². The number of amides is 1. The Kier molecular flexibility index (Phi) is 5.62. The number of nitrogens with one attached hydrogen (secondary N) is 1. The summed E-state index contributed by atoms with van der Waals surface area (Å²) < 4.78 is 28.4. The van der Waals surface area contributed by atoms with Crippen LogP contribution in [0.15, 0.2) is 53.4 Å². The van der Waals surface area contributed by atoms with Gasteiger partial charge in [-0.2, -0.15) is 0 Å². The Hall–Kier alpha value is -2.34. The summed E-state index contributed by atoms with van der Waals surface area (Å²) in [6.07, 6.45) is 0.462. The summed E-state index contributed by atoms with van der Waals surface area (Å²) in [5.74, 6) is 0.211. The number of sulfone groups is 1. The molecule has 0 radical (unpaired) electrons. The third-order valence-corrected chi connectivity index (χ3v) is 4.65. The molecular formula is C18H21NO4S. The van der Waals surface area contributed by atoms with Gasteiger partial charge in [-0.25, -0.2) is 8.42 Å². The number of rotatable bonds is 6. The molecule has 6 heteroatoms. The second kappa shape index (κ2) is 7.49. The summed E-state index contributed by atoms with van der Waals surface area (Å²) in [5.41, 5.74) is 2.18. The van der Waals surface area contributed by atoms with Gasteiger partial charge in [0.25, 0.3) is 5.91 Å². The summed E-state index contributed by atoms with van der Waals surface area (Å²) >= 11 is 0. The lowest BCUT2D eigenvalue weighted by atomic mass is 10.1. The molecular weight excluding hydrogens is 326 g/mol. The van der Waals surface area contributed by atoms with Gasteiger partial charge in [-0.15, -0.1) is 0 Å². The molecule has 0 fully saturated rings. The van der Waals surface area contributed by atoms with Crippen LogP contribution in [0.25, 0.3) is 0 Å². The van der Waals surface area contributed by atoms with Crippen LogP contribution in [0.4, 0.5) is 0 Å². The van der Waals surface area contributed by atoms with Gasteiger partial charge in [-0.1, -0.05) is 29.8 Å². The Morgan fingerprint density at radius 3 is 2.21 bits per heavy atom. The molecule has 2 rings (SSSR count). The average Bonchev–Trinajstić information content (AvgIpc) is 2.53. The van der Waals surface area contributed by atoms with E-state index in [1.807, 2.05) is 31.2 Å². The van der Waals surface area contributed by atoms with E-state index in [-0.39, 0.29) is 10.8 Å². The lowest BCUT2D eigenvalue weighted by Gasteiger charge is -2.15. The molecule has 1 amide bonds. The van der Waals surface area contributed by atoms with Crippen molar-refractivity contribution in [3.8, 4) is 5.75 Å². The molecule has 1 N–H and O–H groups in total. The summed E-state index contributed by atoms with van der Waals surface area (Å²) in [5, 5.41) is 2.81. The fourth-order valence-corrected chi connectivity index (χ4v) is 2.69. The van der Waals surface area contributed by atoms with Crippen molar-refractivity contribution in [2.75, 3.05) is 6.26 Å². The van der Waals surface area contributed by atoms with Crippen molar-refractivity contribution in [2.24, 2.45) is 0 Å². The van der Waals surface area contributed by atoms with E-state index in [0.29, 0.717) is 12.3 Å². The van der Waals surface area contributed by atoms with Gasteiger partial charge in [0.1, 0.15) is 5.75 Å². The van der Waals surface area contributed by atoms with E-state index in [2.05, 4.69) is 5.32 Å². The normalized spacial score (nSPS) is 12.5. The summed E-state index contributed by atoms with van der Waals surface area (Å²) in [6.45, 7) is 4.09. The molecule has 0 bridgehead atoms. The third-order valence-electron chi connectivity index (χ3n) is 3.52. The van der Waals surface area contributed by atoms with Crippen molar-refractivity contribution in [3.63, 3.8) is 0 Å². The Bertz CT molecular complexity index is 796. The van der Waals surface area contributed by atoms with Crippen LogP contribution in [0.3, 0.4) is 0 Å². The van der Waals surface area contributed by atoms with E-state index in [1.165, 1.54) is 17.7 Å². The maximum atomic E-state index is 12.1. The topological polar surface area (TPSA) is 72.5 Å². The predicted octanol–water partition coefficient (Wildman–Crippen LogP) is 2.48. The minimum atomic E-state index is -3.24. The lowest BCUT2D eigenvalue weighted by molar-refractivity contribution is -0.127. The zero-order valence-corrected chi connectivity index (χ0v) is 14.8. The highest BCUT2D eigenvalue weighted by atomic mass is 32.2. The molecule has 2 aromatic carbocycles. The molecule has 0 unspecified atom stereocenters. The molecule has 128 valence electrons. The Balaban J connectivity index is 1.90. The van der Waals surface area contributed by atoms with Gasteiger partial charge in [0, 0.05) is 12.8 Å². The monoisotopic (exact) mass is 347 g/mol. The first-order chi connectivity index (χ1) is 11.3. The maximum absolute atomic E-state index is 12.1. The van der Waals surface area contributed by atoms with Crippen molar-refractivity contribution in [3.05, 3.63) is 59.7 Å². The molecule has 0 aliphatic heterocycles. The molecule has 1 atom stereocenters. The zero-order valence-electron chi connectivity index (χ0n) is 13.9. The molecule has 0 saturated heterocycles. The molecule has 0 heterocycles. The predicted molar refractivity (Wildman–Crippen MR) is 92.7 cm³/mol. The van der Waals surface area contributed by atoms with E-state index in [4.69, 9.17) is 4.74 Å². The van der Waals surface area contributed by atoms with Gasteiger partial charge in [0.2, 0.25) is 0 Å². The number of hydrogen-bond donors (Lipinski definition) is 1. The van der Waals surface area contributed by atoms with Gasteiger partial charge in [0.05, 0.1) is 4.90 Å². The van der Waals surface area contributed by atoms with Crippen molar-refractivity contribution >= 4 is 15.7 Å². The van der Waals surface area contributed by atoms with Crippen molar-refractivity contribution in [1.29, 1.82) is 0 Å². The first-order valence-electron chi connectivity index (χ1n) is 7.56. The highest BCUT2D eigenvalue weighted by molar-refractivity contribution is 7.90. The molecule has 0 aromatic heterocycles. The van der Waals surface area contributed by atoms with Crippen molar-refractivity contribution < 1.29 is 17.9 Å². The smallest absolute Gasteiger partial charge is 0.261 e. The second-order valence-electron chi connectivity index (χ2n) is 5.71. The molecule has 0 aliphatic rings. The fraction of sp³-hybridized carbons (Fsp3) is 0.278. The zero-order chi connectivity index (χ0) is 17.7. The van der Waals surface area contributed by atoms with Gasteiger partial charge in [-0.05, 0) is 43.7 Å². The molecule has 2 aromatic rings. The fourth-order valence-electron chi connectivity index (χ4n) is 2.06. The second-order valence-corrected chi connectivity index (χ2v) is 7.72. The SMILES string of the molecule is Cc1ccc(CNC(=O)[C@@H](C)Oc2ccc(S(C)(=O)=O)cc2)cc1. The van der Waals surface area contributed by atoms with Crippen LogP contribution in [0.1, 0.15) is 18.1 Å². The Labute approximate surface area is 142 Å². The number of carbonyl (C=O) groups excluding carboxylic acids is 1. The maximum Gasteiger partial charge on any atom is 0.261 e. The first kappa shape index (κ1) is 18.0. The van der Waals surface area contributed by atoms with E-state index in [0.717, 1.165) is 11.8 Å². The van der Waals surface area contributed by atoms with Gasteiger partial charge >= 0.3 is 0 Å². The van der Waals surface area contributed by atoms with Gasteiger partial charge < -0.3 is 10.1 Å². The van der Waals surface area contributed by atoms with Gasteiger partial charge in [0.15, 0.2) is 15.9 Å². The van der Waals surface area contributed by atoms with Crippen molar-refractivity contribution in [1.82, 2.24) is 5.32 Å². The highest BCUT2D eigenvalue weighted by Gasteiger charge is 2.15. The molecule has 24 heavy (non-hydrogen) atoms. The minimum absolute atomic E-state index is 0.214. The van der Waals surface area contributed by atoms with Crippen LogP contribution in [-0.2, 0) is 21.2 Å². The van der Waals surface area contributed by atoms with Crippen molar-refractivity contribution in [2.45, 2.75) is 31.4 Å². The number of carbonyl (C=O) groups is 1. The molecule has 0 saturated carbocycles. The van der Waals surface area contributed by atoms with E-state index in [1.54, 1.807) is 19.1 Å². The molecule has 0 aliphatic carbocycles. The van der Waals surface area contributed by atoms with Crippen LogP contribution in [0.5, 0.6) is 5.75 Å². The van der Waals surface area contributed by atoms with Crippen LogP contribution in [-0.4, -0.2) is 26.7 Å². The Morgan fingerprint density at radius 1 is 1.08 bits per heavy atom. The summed E-state index contributed by atoms with van der Waals surface area (Å²) in [4.78, 5) is 12.3. The summed E-state index contributed by atoms with van der Waals surface area (Å²) in [6, 6.07) is 13.9. The summed E-state index contributed by atoms with van der Waals surface area (Å²) in [7, 11) is -3.24. The number of aryl methyl sites for hydroxylation is 1.